The van der Waals surface area contributed by atoms with Crippen molar-refractivity contribution in [1.29, 1.82) is 0 Å². The van der Waals surface area contributed by atoms with Gasteiger partial charge < -0.3 is 10.2 Å². The number of piperidine rings is 1. The molecule has 0 unspecified atom stereocenters. The number of hydrogen-bond donors (Lipinski definition) is 1. The van der Waals surface area contributed by atoms with Gasteiger partial charge in [-0.25, -0.2) is 12.8 Å². The van der Waals surface area contributed by atoms with Gasteiger partial charge in [0.05, 0.1) is 18.5 Å². The molecule has 0 bridgehead atoms. The Morgan fingerprint density at radius 1 is 1.03 bits per heavy atom. The van der Waals surface area contributed by atoms with Crippen molar-refractivity contribution in [3.63, 3.8) is 0 Å². The molecule has 1 heterocycles. The topological polar surface area (TPSA) is 69.7 Å². The number of carbonyl (C=O) groups excluding carboxylic acids is 1. The normalized spacial score (nSPS) is 14.9. The number of sulfonamides is 1. The summed E-state index contributed by atoms with van der Waals surface area (Å²) >= 11 is 0. The first-order valence-electron chi connectivity index (χ1n) is 10.7. The van der Waals surface area contributed by atoms with Crippen LogP contribution in [0.2, 0.25) is 0 Å². The Balaban J connectivity index is 1.57. The zero-order valence-electron chi connectivity index (χ0n) is 17.9. The highest BCUT2D eigenvalue weighted by molar-refractivity contribution is 7.92. The van der Waals surface area contributed by atoms with Gasteiger partial charge in [0.25, 0.3) is 5.91 Å². The van der Waals surface area contributed by atoms with Crippen molar-refractivity contribution in [3.8, 4) is 0 Å². The van der Waals surface area contributed by atoms with Crippen molar-refractivity contribution < 1.29 is 17.6 Å². The molecular weight excluding hydrogens is 417 g/mol. The van der Waals surface area contributed by atoms with Crippen LogP contribution in [-0.4, -0.2) is 51.7 Å². The number of nitrogens with zero attached hydrogens (tertiary/aromatic N) is 2. The fourth-order valence-electron chi connectivity index (χ4n) is 3.72. The maximum Gasteiger partial charge on any atom is 0.251 e. The van der Waals surface area contributed by atoms with E-state index in [0.29, 0.717) is 23.4 Å². The lowest BCUT2D eigenvalue weighted by Gasteiger charge is -2.26. The third kappa shape index (κ3) is 7.04. The summed E-state index contributed by atoms with van der Waals surface area (Å²) in [6.07, 6.45) is 5.85. The summed E-state index contributed by atoms with van der Waals surface area (Å²) in [5.74, 6) is -0.546. The Kier molecular flexibility index (Phi) is 8.03. The molecule has 2 aromatic rings. The number of carbonyl (C=O) groups is 1. The van der Waals surface area contributed by atoms with Gasteiger partial charge in [-0.1, -0.05) is 18.6 Å². The minimum atomic E-state index is -3.55. The van der Waals surface area contributed by atoms with E-state index in [1.54, 1.807) is 36.4 Å². The molecule has 31 heavy (non-hydrogen) atoms. The molecule has 0 atom stereocenters. The minimum Gasteiger partial charge on any atom is -0.352 e. The standard InChI is InChI=1S/C23H30FN3O3S/c1-31(29,30)27(18-19-6-10-21(24)11-7-19)22-12-8-20(9-13-22)23(28)25-14-5-17-26-15-3-2-4-16-26/h6-13H,2-5,14-18H2,1H3,(H,25,28). The lowest BCUT2D eigenvalue weighted by molar-refractivity contribution is 0.0951. The molecule has 0 saturated carbocycles. The van der Waals surface area contributed by atoms with Crippen molar-refractivity contribution in [3.05, 3.63) is 65.5 Å². The largest absolute Gasteiger partial charge is 0.352 e. The maximum atomic E-state index is 13.1. The van der Waals surface area contributed by atoms with Gasteiger partial charge in [-0.2, -0.15) is 0 Å². The summed E-state index contributed by atoms with van der Waals surface area (Å²) < 4.78 is 39.0. The number of benzene rings is 2. The first kappa shape index (κ1) is 23.2. The van der Waals surface area contributed by atoms with Crippen LogP contribution in [0, 0.1) is 5.82 Å². The van der Waals surface area contributed by atoms with Crippen LogP contribution >= 0.6 is 0 Å². The molecule has 3 rings (SSSR count). The SMILES string of the molecule is CS(=O)(=O)N(Cc1ccc(F)cc1)c1ccc(C(=O)NCCCN2CCCCC2)cc1. The van der Waals surface area contributed by atoms with E-state index in [4.69, 9.17) is 0 Å². The van der Waals surface area contributed by atoms with E-state index >= 15 is 0 Å². The van der Waals surface area contributed by atoms with Crippen LogP contribution in [0.4, 0.5) is 10.1 Å². The smallest absolute Gasteiger partial charge is 0.251 e. The van der Waals surface area contributed by atoms with E-state index in [1.807, 2.05) is 0 Å². The summed E-state index contributed by atoms with van der Waals surface area (Å²) in [6.45, 7) is 3.97. The molecule has 0 aliphatic carbocycles. The molecule has 1 saturated heterocycles. The highest BCUT2D eigenvalue weighted by atomic mass is 32.2. The van der Waals surface area contributed by atoms with Crippen molar-refractivity contribution in [2.45, 2.75) is 32.2 Å². The van der Waals surface area contributed by atoms with Gasteiger partial charge in [-0.05, 0) is 80.9 Å². The molecule has 8 heteroatoms. The molecule has 0 spiro atoms. The second-order valence-corrected chi connectivity index (χ2v) is 9.86. The Hall–Kier alpha value is -2.45. The molecule has 2 aromatic carbocycles. The lowest BCUT2D eigenvalue weighted by Crippen LogP contribution is -2.33. The van der Waals surface area contributed by atoms with Crippen molar-refractivity contribution in [2.24, 2.45) is 0 Å². The Labute approximate surface area is 184 Å². The van der Waals surface area contributed by atoms with E-state index in [2.05, 4.69) is 10.2 Å². The zero-order chi connectivity index (χ0) is 22.3. The van der Waals surface area contributed by atoms with Crippen molar-refractivity contribution >= 4 is 21.6 Å². The summed E-state index contributed by atoms with van der Waals surface area (Å²) in [4.78, 5) is 14.8. The van der Waals surface area contributed by atoms with Crippen LogP contribution in [0.25, 0.3) is 0 Å². The predicted molar refractivity (Wildman–Crippen MR) is 121 cm³/mol. The fraction of sp³-hybridized carbons (Fsp3) is 0.435. The van der Waals surface area contributed by atoms with Gasteiger partial charge in [0.15, 0.2) is 0 Å². The number of likely N-dealkylation sites (tertiary alicyclic amines) is 1. The zero-order valence-corrected chi connectivity index (χ0v) is 18.7. The summed E-state index contributed by atoms with van der Waals surface area (Å²) in [7, 11) is -3.55. The monoisotopic (exact) mass is 447 g/mol. The van der Waals surface area contributed by atoms with Gasteiger partial charge >= 0.3 is 0 Å². The number of nitrogens with one attached hydrogen (secondary N) is 1. The van der Waals surface area contributed by atoms with E-state index in [0.717, 1.165) is 32.3 Å². The molecule has 1 aliphatic rings. The highest BCUT2D eigenvalue weighted by Crippen LogP contribution is 2.21. The molecule has 0 radical (unpaired) electrons. The second kappa shape index (κ2) is 10.7. The van der Waals surface area contributed by atoms with Crippen LogP contribution in [0.5, 0.6) is 0 Å². The molecule has 1 fully saturated rings. The molecule has 1 N–H and O–H groups in total. The van der Waals surface area contributed by atoms with E-state index < -0.39 is 10.0 Å². The molecular formula is C23H30FN3O3S. The van der Waals surface area contributed by atoms with Crippen LogP contribution < -0.4 is 9.62 Å². The second-order valence-electron chi connectivity index (χ2n) is 7.95. The van der Waals surface area contributed by atoms with Crippen LogP contribution in [0.15, 0.2) is 48.5 Å². The number of anilines is 1. The van der Waals surface area contributed by atoms with Crippen LogP contribution in [-0.2, 0) is 16.6 Å². The quantitative estimate of drug-likeness (QED) is 0.598. The summed E-state index contributed by atoms with van der Waals surface area (Å²) in [6, 6.07) is 12.2. The van der Waals surface area contributed by atoms with Gasteiger partial charge in [-0.3, -0.25) is 9.10 Å². The first-order chi connectivity index (χ1) is 14.8. The van der Waals surface area contributed by atoms with E-state index in [9.17, 15) is 17.6 Å². The number of halogens is 1. The Bertz CT molecular complexity index is 957. The first-order valence-corrected chi connectivity index (χ1v) is 12.5. The van der Waals surface area contributed by atoms with Crippen molar-refractivity contribution in [1.82, 2.24) is 10.2 Å². The van der Waals surface area contributed by atoms with Crippen LogP contribution in [0.3, 0.4) is 0 Å². The molecule has 6 nitrogen and oxygen atoms in total. The Morgan fingerprint density at radius 2 is 1.68 bits per heavy atom. The number of hydrogen-bond acceptors (Lipinski definition) is 4. The van der Waals surface area contributed by atoms with Crippen molar-refractivity contribution in [2.75, 3.05) is 36.7 Å². The van der Waals surface area contributed by atoms with E-state index in [1.165, 1.54) is 35.7 Å². The summed E-state index contributed by atoms with van der Waals surface area (Å²) in [5, 5.41) is 2.93. The molecule has 0 aromatic heterocycles. The molecule has 1 amide bonds. The highest BCUT2D eigenvalue weighted by Gasteiger charge is 2.18. The average Bonchev–Trinajstić information content (AvgIpc) is 2.76. The molecule has 1 aliphatic heterocycles. The van der Waals surface area contributed by atoms with Gasteiger partial charge in [0, 0.05) is 12.1 Å². The predicted octanol–water partition coefficient (Wildman–Crippen LogP) is 3.40. The van der Waals surface area contributed by atoms with Gasteiger partial charge in [0.2, 0.25) is 10.0 Å². The summed E-state index contributed by atoms with van der Waals surface area (Å²) in [5.41, 5.74) is 1.60. The third-order valence-corrected chi connectivity index (χ3v) is 6.58. The maximum absolute atomic E-state index is 13.1. The number of amides is 1. The fourth-order valence-corrected chi connectivity index (χ4v) is 4.61. The number of rotatable bonds is 9. The third-order valence-electron chi connectivity index (χ3n) is 5.44. The average molecular weight is 448 g/mol. The van der Waals surface area contributed by atoms with E-state index in [-0.39, 0.29) is 18.3 Å². The van der Waals surface area contributed by atoms with Gasteiger partial charge in [-0.15, -0.1) is 0 Å². The lowest BCUT2D eigenvalue weighted by atomic mass is 10.1. The molecule has 168 valence electrons. The minimum absolute atomic E-state index is 0.0845. The van der Waals surface area contributed by atoms with Gasteiger partial charge in [0.1, 0.15) is 5.82 Å². The van der Waals surface area contributed by atoms with Crippen LogP contribution in [0.1, 0.15) is 41.6 Å². The Morgan fingerprint density at radius 3 is 2.29 bits per heavy atom.